The van der Waals surface area contributed by atoms with Gasteiger partial charge in [-0.05, 0) is 51.0 Å². The van der Waals surface area contributed by atoms with Crippen molar-refractivity contribution in [2.75, 3.05) is 6.54 Å². The van der Waals surface area contributed by atoms with E-state index in [1.807, 2.05) is 70.2 Å². The minimum Gasteiger partial charge on any atom is -0.357 e. The Morgan fingerprint density at radius 1 is 0.964 bits per heavy atom. The molecule has 2 aromatic carbocycles. The molecule has 0 fully saturated rings. The maximum Gasteiger partial charge on any atom is 0.251 e. The van der Waals surface area contributed by atoms with E-state index in [9.17, 15) is 4.79 Å². The van der Waals surface area contributed by atoms with Gasteiger partial charge in [-0.3, -0.25) is 4.79 Å². The van der Waals surface area contributed by atoms with Gasteiger partial charge in [-0.1, -0.05) is 42.5 Å². The molecule has 0 heterocycles. The molecule has 5 nitrogen and oxygen atoms in total. The maximum absolute atomic E-state index is 12.3. The van der Waals surface area contributed by atoms with Crippen LogP contribution < -0.4 is 16.0 Å². The zero-order valence-corrected chi connectivity index (χ0v) is 19.4. The zero-order valence-electron chi connectivity index (χ0n) is 17.1. The van der Waals surface area contributed by atoms with E-state index in [1.165, 1.54) is 5.56 Å². The van der Waals surface area contributed by atoms with Gasteiger partial charge < -0.3 is 16.0 Å². The Labute approximate surface area is 185 Å². The Morgan fingerprint density at radius 2 is 1.64 bits per heavy atom. The summed E-state index contributed by atoms with van der Waals surface area (Å²) in [6, 6.07) is 17.8. The van der Waals surface area contributed by atoms with Crippen molar-refractivity contribution in [1.82, 2.24) is 16.0 Å². The smallest absolute Gasteiger partial charge is 0.251 e. The third-order valence-electron chi connectivity index (χ3n) is 3.74. The highest BCUT2D eigenvalue weighted by atomic mass is 127. The summed E-state index contributed by atoms with van der Waals surface area (Å²) in [6.07, 6.45) is 0. The van der Waals surface area contributed by atoms with E-state index < -0.39 is 0 Å². The van der Waals surface area contributed by atoms with E-state index in [4.69, 9.17) is 0 Å². The molecule has 0 aliphatic heterocycles. The van der Waals surface area contributed by atoms with Crippen LogP contribution in [0.25, 0.3) is 0 Å². The Bertz CT molecular complexity index is 770. The maximum atomic E-state index is 12.3. The van der Waals surface area contributed by atoms with Crippen LogP contribution in [0, 0.1) is 0 Å². The van der Waals surface area contributed by atoms with Gasteiger partial charge in [0.2, 0.25) is 0 Å². The van der Waals surface area contributed by atoms with Gasteiger partial charge in [0.15, 0.2) is 5.96 Å². The molecule has 6 heteroatoms. The van der Waals surface area contributed by atoms with Crippen molar-refractivity contribution in [1.29, 1.82) is 0 Å². The normalized spacial score (nSPS) is 11.4. The van der Waals surface area contributed by atoms with Gasteiger partial charge in [0.25, 0.3) is 5.91 Å². The van der Waals surface area contributed by atoms with Gasteiger partial charge in [0.1, 0.15) is 0 Å². The number of amides is 1. The average molecular weight is 494 g/mol. The number of hydrogen-bond donors (Lipinski definition) is 3. The number of hydrogen-bond acceptors (Lipinski definition) is 2. The lowest BCUT2D eigenvalue weighted by atomic mass is 10.1. The van der Waals surface area contributed by atoms with Crippen LogP contribution in [0.1, 0.15) is 49.2 Å². The van der Waals surface area contributed by atoms with Crippen molar-refractivity contribution in [3.05, 3.63) is 71.3 Å². The van der Waals surface area contributed by atoms with Crippen molar-refractivity contribution >= 4 is 35.8 Å². The van der Waals surface area contributed by atoms with Gasteiger partial charge in [0, 0.05) is 24.2 Å². The largest absolute Gasteiger partial charge is 0.357 e. The monoisotopic (exact) mass is 494 g/mol. The van der Waals surface area contributed by atoms with Crippen molar-refractivity contribution < 1.29 is 4.79 Å². The second-order valence-electron chi connectivity index (χ2n) is 7.44. The van der Waals surface area contributed by atoms with Crippen LogP contribution in [0.3, 0.4) is 0 Å². The molecule has 0 spiro atoms. The third kappa shape index (κ3) is 8.73. The Hall–Kier alpha value is -2.09. The van der Waals surface area contributed by atoms with Gasteiger partial charge in [0.05, 0.1) is 6.54 Å². The Morgan fingerprint density at radius 3 is 2.29 bits per heavy atom. The highest BCUT2D eigenvalue weighted by Gasteiger charge is 2.15. The third-order valence-corrected chi connectivity index (χ3v) is 3.74. The first-order valence-electron chi connectivity index (χ1n) is 9.35. The van der Waals surface area contributed by atoms with Gasteiger partial charge in [-0.2, -0.15) is 0 Å². The SMILES string of the molecule is CCNC(=NCc1cccc(C(=O)NC(C)(C)C)c1)NCc1ccccc1.I. The van der Waals surface area contributed by atoms with Crippen LogP contribution in [-0.2, 0) is 13.1 Å². The van der Waals surface area contributed by atoms with E-state index in [1.54, 1.807) is 0 Å². The first kappa shape index (κ1) is 23.9. The van der Waals surface area contributed by atoms with E-state index >= 15 is 0 Å². The van der Waals surface area contributed by atoms with Crippen LogP contribution in [0.15, 0.2) is 59.6 Å². The molecular formula is C22H31IN4O. The standard InChI is InChI=1S/C22H30N4O.HI/c1-5-23-21(24-15-17-10-7-6-8-11-17)25-16-18-12-9-13-19(14-18)20(27)26-22(2,3)4;/h6-14H,5,15-16H2,1-4H3,(H,26,27)(H2,23,24,25);1H. The molecular weight excluding hydrogens is 463 g/mol. The highest BCUT2D eigenvalue weighted by Crippen LogP contribution is 2.09. The number of nitrogens with one attached hydrogen (secondary N) is 3. The highest BCUT2D eigenvalue weighted by molar-refractivity contribution is 14.0. The molecule has 0 aliphatic rings. The fourth-order valence-corrected chi connectivity index (χ4v) is 2.52. The van der Waals surface area contributed by atoms with Gasteiger partial charge in [-0.15, -0.1) is 24.0 Å². The lowest BCUT2D eigenvalue weighted by molar-refractivity contribution is 0.0919. The van der Waals surface area contributed by atoms with Crippen LogP contribution in [0.4, 0.5) is 0 Å². The van der Waals surface area contributed by atoms with Crippen LogP contribution >= 0.6 is 24.0 Å². The summed E-state index contributed by atoms with van der Waals surface area (Å²) in [5, 5.41) is 9.57. The fourth-order valence-electron chi connectivity index (χ4n) is 2.52. The number of benzene rings is 2. The summed E-state index contributed by atoms with van der Waals surface area (Å²) in [4.78, 5) is 17.0. The summed E-state index contributed by atoms with van der Waals surface area (Å²) >= 11 is 0. The first-order chi connectivity index (χ1) is 12.9. The number of halogens is 1. The van der Waals surface area contributed by atoms with E-state index in [0.717, 1.165) is 18.1 Å². The van der Waals surface area contributed by atoms with Crippen molar-refractivity contribution in [2.45, 2.75) is 46.3 Å². The molecule has 0 atom stereocenters. The van der Waals surface area contributed by atoms with Crippen LogP contribution in [0.5, 0.6) is 0 Å². The number of nitrogens with zero attached hydrogens (tertiary/aromatic N) is 1. The van der Waals surface area contributed by atoms with Gasteiger partial charge in [-0.25, -0.2) is 4.99 Å². The predicted octanol–water partition coefficient (Wildman–Crippen LogP) is 4.09. The lowest BCUT2D eigenvalue weighted by Gasteiger charge is -2.20. The topological polar surface area (TPSA) is 65.5 Å². The molecule has 1 amide bonds. The number of aliphatic imine (C=N–C) groups is 1. The molecule has 3 N–H and O–H groups in total. The van der Waals surface area contributed by atoms with E-state index in [2.05, 4.69) is 33.1 Å². The zero-order chi connectivity index (χ0) is 19.7. The van der Waals surface area contributed by atoms with Crippen LogP contribution in [-0.4, -0.2) is 24.0 Å². The molecule has 152 valence electrons. The molecule has 0 radical (unpaired) electrons. The molecule has 0 aliphatic carbocycles. The first-order valence-corrected chi connectivity index (χ1v) is 9.35. The summed E-state index contributed by atoms with van der Waals surface area (Å²) in [7, 11) is 0. The minimum absolute atomic E-state index is 0. The minimum atomic E-state index is -0.259. The quantitative estimate of drug-likeness (QED) is 0.322. The predicted molar refractivity (Wildman–Crippen MR) is 127 cm³/mol. The lowest BCUT2D eigenvalue weighted by Crippen LogP contribution is -2.40. The molecule has 28 heavy (non-hydrogen) atoms. The summed E-state index contributed by atoms with van der Waals surface area (Å²) in [5.41, 5.74) is 2.59. The molecule has 0 saturated heterocycles. The summed E-state index contributed by atoms with van der Waals surface area (Å²) < 4.78 is 0. The summed E-state index contributed by atoms with van der Waals surface area (Å²) in [5.74, 6) is 0.688. The Kier molecular flexibility index (Phi) is 9.99. The second-order valence-corrected chi connectivity index (χ2v) is 7.44. The van der Waals surface area contributed by atoms with Crippen molar-refractivity contribution in [2.24, 2.45) is 4.99 Å². The second kappa shape index (κ2) is 11.7. The molecule has 0 saturated carbocycles. The summed E-state index contributed by atoms with van der Waals surface area (Å²) in [6.45, 7) is 9.95. The number of carbonyl (C=O) groups excluding carboxylic acids is 1. The average Bonchev–Trinajstić information content (AvgIpc) is 2.64. The fraction of sp³-hybridized carbons (Fsp3) is 0.364. The molecule has 0 unspecified atom stereocenters. The Balaban J connectivity index is 0.00000392. The molecule has 2 rings (SSSR count). The van der Waals surface area contributed by atoms with Crippen molar-refractivity contribution in [3.63, 3.8) is 0 Å². The number of rotatable bonds is 6. The van der Waals surface area contributed by atoms with E-state index in [-0.39, 0.29) is 35.4 Å². The van der Waals surface area contributed by atoms with Crippen molar-refractivity contribution in [3.8, 4) is 0 Å². The van der Waals surface area contributed by atoms with Gasteiger partial charge >= 0.3 is 0 Å². The number of guanidine groups is 1. The molecule has 2 aromatic rings. The van der Waals surface area contributed by atoms with Crippen LogP contribution in [0.2, 0.25) is 0 Å². The number of carbonyl (C=O) groups is 1. The molecule has 0 bridgehead atoms. The molecule has 0 aromatic heterocycles. The van der Waals surface area contributed by atoms with E-state index in [0.29, 0.717) is 18.7 Å².